The molecule has 0 amide bonds. The number of halogens is 2. The summed E-state index contributed by atoms with van der Waals surface area (Å²) in [7, 11) is 4.84. The van der Waals surface area contributed by atoms with Crippen molar-refractivity contribution in [3.8, 4) is 17.0 Å². The maximum absolute atomic E-state index is 13.5. The number of ether oxygens (including phenoxy) is 1. The molecular weight excluding hydrogens is 578 g/mol. The van der Waals surface area contributed by atoms with E-state index in [0.29, 0.717) is 40.1 Å². The third-order valence-corrected chi connectivity index (χ3v) is 8.24. The smallest absolute Gasteiger partial charge is 0.387 e. The van der Waals surface area contributed by atoms with Gasteiger partial charge >= 0.3 is 16.8 Å². The number of nitrogens with zero attached hydrogens (tertiary/aromatic N) is 7. The molecule has 0 aliphatic heterocycles. The minimum Gasteiger partial charge on any atom is -0.663 e. The van der Waals surface area contributed by atoms with Crippen LogP contribution in [0.1, 0.15) is 6.92 Å². The van der Waals surface area contributed by atoms with Gasteiger partial charge in [0.1, 0.15) is 0 Å². The van der Waals surface area contributed by atoms with Crippen molar-refractivity contribution < 1.29 is 21.9 Å². The molecule has 0 radical (unpaired) electrons. The highest BCUT2D eigenvalue weighted by atomic mass is 32.2. The van der Waals surface area contributed by atoms with Gasteiger partial charge in [-0.3, -0.25) is 0 Å². The summed E-state index contributed by atoms with van der Waals surface area (Å²) in [5.74, 6) is -0.0153. The average Bonchev–Trinajstić information content (AvgIpc) is 3.36. The first-order chi connectivity index (χ1) is 20.4. The second-order valence-electron chi connectivity index (χ2n) is 10.1. The molecule has 43 heavy (non-hydrogen) atoms. The summed E-state index contributed by atoms with van der Waals surface area (Å²) < 4.78 is 60.3. The van der Waals surface area contributed by atoms with Crippen LogP contribution in [0.2, 0.25) is 0 Å². The second-order valence-corrected chi connectivity index (χ2v) is 12.1. The highest BCUT2D eigenvalue weighted by Crippen LogP contribution is 2.42. The Bertz CT molecular complexity index is 1710. The summed E-state index contributed by atoms with van der Waals surface area (Å²) in [4.78, 5) is 12.8. The second kappa shape index (κ2) is 13.4. The lowest BCUT2D eigenvalue weighted by molar-refractivity contribution is -0.0493. The Labute approximate surface area is 250 Å². The summed E-state index contributed by atoms with van der Waals surface area (Å²) in [5.41, 5.74) is 2.77. The Kier molecular flexibility index (Phi) is 9.84. The van der Waals surface area contributed by atoms with Crippen LogP contribution in [0.4, 0.5) is 31.8 Å². The van der Waals surface area contributed by atoms with Gasteiger partial charge in [0.2, 0.25) is 5.95 Å². The lowest BCUT2D eigenvalue weighted by atomic mass is 10.1. The molecule has 0 saturated heterocycles. The van der Waals surface area contributed by atoms with E-state index >= 15 is 0 Å². The zero-order valence-electron chi connectivity index (χ0n) is 24.9. The largest absolute Gasteiger partial charge is 0.663 e. The van der Waals surface area contributed by atoms with Gasteiger partial charge in [0, 0.05) is 69.3 Å². The van der Waals surface area contributed by atoms with Gasteiger partial charge in [0.25, 0.3) is 0 Å². The number of alkyl halides is 2. The molecule has 4 rings (SSSR count). The molecule has 0 aliphatic carbocycles. The number of para-hydroxylation sites is 1. The topological polar surface area (TPSA) is 110 Å². The fraction of sp³-hybridized carbons (Fsp3) is 0.310. The first-order valence-corrected chi connectivity index (χ1v) is 14.8. The number of allylic oxidation sites excluding steroid dienone is 1. The van der Waals surface area contributed by atoms with Crippen LogP contribution in [0.15, 0.2) is 67.1 Å². The van der Waals surface area contributed by atoms with Crippen molar-refractivity contribution in [3.05, 3.63) is 72.5 Å². The number of anilines is 3. The van der Waals surface area contributed by atoms with Crippen molar-refractivity contribution >= 4 is 44.1 Å². The van der Waals surface area contributed by atoms with Crippen molar-refractivity contribution in [2.75, 3.05) is 58.5 Å². The van der Waals surface area contributed by atoms with Gasteiger partial charge in [-0.05, 0) is 39.2 Å². The van der Waals surface area contributed by atoms with Crippen LogP contribution in [-0.4, -0.2) is 86.5 Å². The normalized spacial score (nSPS) is 12.2. The Morgan fingerprint density at radius 2 is 1.84 bits per heavy atom. The number of nitrogens with one attached hydrogen (secondary N) is 1. The Morgan fingerprint density at radius 3 is 2.51 bits per heavy atom. The van der Waals surface area contributed by atoms with Crippen LogP contribution in [0.3, 0.4) is 0 Å². The van der Waals surface area contributed by atoms with Crippen LogP contribution in [0.25, 0.3) is 27.5 Å². The van der Waals surface area contributed by atoms with Gasteiger partial charge in [-0.25, -0.2) is 13.9 Å². The molecule has 0 fully saturated rings. The Balaban J connectivity index is 1.78. The fourth-order valence-electron chi connectivity index (χ4n) is 4.29. The molecule has 0 aliphatic rings. The lowest BCUT2D eigenvalue weighted by Gasteiger charge is -2.31. The summed E-state index contributed by atoms with van der Waals surface area (Å²) >= 11 is 0. The number of hydrogen-bond acceptors (Lipinski definition) is 8. The quantitative estimate of drug-likeness (QED) is 0.207. The predicted molar refractivity (Wildman–Crippen MR) is 167 cm³/mol. The number of hydrogen-bond donors (Lipinski definition) is 1. The number of rotatable bonds is 13. The van der Waals surface area contributed by atoms with Gasteiger partial charge in [0.15, 0.2) is 5.75 Å². The Hall–Kier alpha value is -4.27. The average molecular weight is 614 g/mol. The van der Waals surface area contributed by atoms with Crippen LogP contribution >= 0.6 is 0 Å². The first kappa shape index (κ1) is 31.7. The molecule has 1 N–H and O–H groups in total. The number of benzene rings is 2. The van der Waals surface area contributed by atoms with E-state index in [0.717, 1.165) is 10.8 Å². The van der Waals surface area contributed by atoms with Crippen molar-refractivity contribution in [1.82, 2.24) is 23.1 Å². The first-order valence-electron chi connectivity index (χ1n) is 13.4. The molecule has 230 valence electrons. The number of fused-ring (bicyclic) bond motifs is 1. The third kappa shape index (κ3) is 7.21. The molecule has 0 unspecified atom stereocenters. The van der Waals surface area contributed by atoms with Crippen LogP contribution in [0, 0.1) is 0 Å². The third-order valence-electron chi connectivity index (χ3n) is 6.52. The molecule has 2 heterocycles. The molecule has 0 spiro atoms. The van der Waals surface area contributed by atoms with Gasteiger partial charge in [-0.2, -0.15) is 27.7 Å². The number of likely N-dealkylation sites (N-methyl/N-ethyl adjacent to an activating group) is 2. The molecule has 0 atom stereocenters. The zero-order chi connectivity index (χ0) is 31.3. The maximum atomic E-state index is 13.5. The van der Waals surface area contributed by atoms with E-state index < -0.39 is 16.8 Å². The molecule has 4 aromatic rings. The number of aromatic nitrogens is 3. The van der Waals surface area contributed by atoms with Crippen molar-refractivity contribution in [1.29, 1.82) is 0 Å². The summed E-state index contributed by atoms with van der Waals surface area (Å²) in [6.45, 7) is 0.106. The molecular formula is C29H35F2N8O3S-. The molecule has 2 aromatic carbocycles. The molecule has 11 nitrogen and oxygen atoms in total. The molecule has 0 saturated carbocycles. The van der Waals surface area contributed by atoms with E-state index in [9.17, 15) is 17.2 Å². The minimum absolute atomic E-state index is 0.0922. The van der Waals surface area contributed by atoms with Gasteiger partial charge in [-0.1, -0.05) is 18.2 Å². The predicted octanol–water partition coefficient (Wildman–Crippen LogP) is 5.63. The van der Waals surface area contributed by atoms with Crippen LogP contribution in [-0.2, 0) is 10.2 Å². The standard InChI is InChI=1S/C29H35F2N8O3S/c1-7-13-32-23-17-24(27(42-28(30)31)18-26(23)38(6)16-15-36(2)3)35-29-33-14-12-22(34-29)21-19-39(43(40,41)37(4)5)25-11-9-8-10-20(21)25/h7-14,17-19,28H,15-16H2,1-6H3,(H,33,34,35)/q-1. The molecule has 2 aromatic heterocycles. The fourth-order valence-corrected chi connectivity index (χ4v) is 5.29. The SMILES string of the molecule is CC=C[N-]c1cc(Nc2nccc(-c3cn(S(=O)(=O)N(C)C)c4ccccc34)n2)c(OC(F)F)cc1N(C)CCN(C)C. The van der Waals surface area contributed by atoms with Gasteiger partial charge in [0.05, 0.1) is 16.9 Å². The maximum Gasteiger partial charge on any atom is 0.387 e. The monoisotopic (exact) mass is 613 g/mol. The summed E-state index contributed by atoms with van der Waals surface area (Å²) in [6, 6.07) is 11.8. The van der Waals surface area contributed by atoms with E-state index in [-0.39, 0.29) is 17.4 Å². The van der Waals surface area contributed by atoms with E-state index in [1.54, 1.807) is 48.7 Å². The van der Waals surface area contributed by atoms with Gasteiger partial charge < -0.3 is 25.2 Å². The van der Waals surface area contributed by atoms with Crippen LogP contribution in [0.5, 0.6) is 5.75 Å². The zero-order valence-corrected chi connectivity index (χ0v) is 25.7. The lowest BCUT2D eigenvalue weighted by Crippen LogP contribution is -2.28. The Morgan fingerprint density at radius 1 is 1.09 bits per heavy atom. The van der Waals surface area contributed by atoms with Crippen molar-refractivity contribution in [3.63, 3.8) is 0 Å². The highest BCUT2D eigenvalue weighted by Gasteiger charge is 2.22. The highest BCUT2D eigenvalue weighted by molar-refractivity contribution is 7.87. The van der Waals surface area contributed by atoms with Crippen LogP contribution < -0.4 is 15.0 Å². The van der Waals surface area contributed by atoms with E-state index in [2.05, 4.69) is 20.6 Å². The summed E-state index contributed by atoms with van der Waals surface area (Å²) in [6.07, 6.45) is 6.38. The van der Waals surface area contributed by atoms with Crippen molar-refractivity contribution in [2.45, 2.75) is 13.5 Å². The summed E-state index contributed by atoms with van der Waals surface area (Å²) in [5, 5.41) is 8.17. The van der Waals surface area contributed by atoms with Crippen molar-refractivity contribution in [2.24, 2.45) is 0 Å². The van der Waals surface area contributed by atoms with Gasteiger partial charge in [-0.15, -0.1) is 11.8 Å². The minimum atomic E-state index is -3.82. The molecule has 14 heteroatoms. The van der Waals surface area contributed by atoms with E-state index in [1.807, 2.05) is 37.9 Å². The van der Waals surface area contributed by atoms with E-state index in [4.69, 9.17) is 4.74 Å². The molecule has 0 bridgehead atoms. The van der Waals surface area contributed by atoms with E-state index in [1.165, 1.54) is 36.5 Å².